The Morgan fingerprint density at radius 2 is 1.92 bits per heavy atom. The van der Waals surface area contributed by atoms with Crippen LogP contribution in [0, 0.1) is 5.92 Å². The van der Waals surface area contributed by atoms with E-state index in [1.165, 1.54) is 14.0 Å². The van der Waals surface area contributed by atoms with Gasteiger partial charge >= 0.3 is 5.97 Å². The monoisotopic (exact) mass is 186 g/mol. The fourth-order valence-electron chi connectivity index (χ4n) is 1.23. The first-order valence-electron chi connectivity index (χ1n) is 4.71. The van der Waals surface area contributed by atoms with Crippen molar-refractivity contribution in [2.75, 3.05) is 7.11 Å². The van der Waals surface area contributed by atoms with E-state index >= 15 is 0 Å². The Labute approximate surface area is 79.5 Å². The molecule has 0 heterocycles. The highest BCUT2D eigenvalue weighted by Gasteiger charge is 2.22. The summed E-state index contributed by atoms with van der Waals surface area (Å²) in [6.45, 7) is 3.52. The van der Waals surface area contributed by atoms with Crippen molar-refractivity contribution in [3.05, 3.63) is 0 Å². The first-order chi connectivity index (χ1) is 6.13. The summed E-state index contributed by atoms with van der Waals surface area (Å²) in [6, 6.07) is 0. The van der Waals surface area contributed by atoms with Crippen LogP contribution in [-0.4, -0.2) is 18.9 Å². The standard InChI is InChI=1S/C10H18O3/c1-4-5-6-7-9(8(2)11)10(12)13-3/h9H,4-7H2,1-3H3/t9-/m0/s1. The quantitative estimate of drug-likeness (QED) is 0.362. The highest BCUT2D eigenvalue weighted by Crippen LogP contribution is 2.12. The van der Waals surface area contributed by atoms with Crippen LogP contribution < -0.4 is 0 Å². The van der Waals surface area contributed by atoms with Crippen molar-refractivity contribution in [3.63, 3.8) is 0 Å². The number of ether oxygens (including phenoxy) is 1. The summed E-state index contributed by atoms with van der Waals surface area (Å²) in [5.41, 5.74) is 0. The fourth-order valence-corrected chi connectivity index (χ4v) is 1.23. The summed E-state index contributed by atoms with van der Waals surface area (Å²) < 4.78 is 4.54. The van der Waals surface area contributed by atoms with Crippen LogP contribution in [0.4, 0.5) is 0 Å². The molecule has 0 aromatic carbocycles. The molecule has 0 saturated heterocycles. The first-order valence-corrected chi connectivity index (χ1v) is 4.71. The minimum Gasteiger partial charge on any atom is -0.468 e. The summed E-state index contributed by atoms with van der Waals surface area (Å²) in [4.78, 5) is 22.1. The van der Waals surface area contributed by atoms with Crippen molar-refractivity contribution in [2.24, 2.45) is 5.92 Å². The lowest BCUT2D eigenvalue weighted by Crippen LogP contribution is -2.23. The summed E-state index contributed by atoms with van der Waals surface area (Å²) in [6.07, 6.45) is 3.68. The lowest BCUT2D eigenvalue weighted by molar-refractivity contribution is -0.149. The normalized spacial score (nSPS) is 12.2. The number of ketones is 1. The average molecular weight is 186 g/mol. The Bertz CT molecular complexity index is 175. The Morgan fingerprint density at radius 3 is 2.31 bits per heavy atom. The predicted molar refractivity (Wildman–Crippen MR) is 50.3 cm³/mol. The number of Topliss-reactive ketones (excluding diaryl/α,β-unsaturated/α-hetero) is 1. The van der Waals surface area contributed by atoms with Crippen molar-refractivity contribution in [3.8, 4) is 0 Å². The molecule has 1 atom stereocenters. The van der Waals surface area contributed by atoms with Crippen LogP contribution in [-0.2, 0) is 14.3 Å². The highest BCUT2D eigenvalue weighted by molar-refractivity contribution is 5.97. The van der Waals surface area contributed by atoms with Gasteiger partial charge in [-0.15, -0.1) is 0 Å². The molecule has 0 aliphatic rings. The summed E-state index contributed by atoms with van der Waals surface area (Å²) in [5.74, 6) is -1.04. The van der Waals surface area contributed by atoms with Gasteiger partial charge in [0.05, 0.1) is 7.11 Å². The average Bonchev–Trinajstić information content (AvgIpc) is 2.11. The van der Waals surface area contributed by atoms with E-state index in [4.69, 9.17) is 0 Å². The SMILES string of the molecule is CCCCC[C@@H](C(C)=O)C(=O)OC. The molecular formula is C10H18O3. The van der Waals surface area contributed by atoms with Gasteiger partial charge in [-0.25, -0.2) is 0 Å². The van der Waals surface area contributed by atoms with Gasteiger partial charge < -0.3 is 4.74 Å². The van der Waals surface area contributed by atoms with Gasteiger partial charge in [-0.2, -0.15) is 0 Å². The number of unbranched alkanes of at least 4 members (excludes halogenated alkanes) is 2. The lowest BCUT2D eigenvalue weighted by atomic mass is 9.98. The molecule has 3 nitrogen and oxygen atoms in total. The van der Waals surface area contributed by atoms with Crippen molar-refractivity contribution >= 4 is 11.8 Å². The molecule has 13 heavy (non-hydrogen) atoms. The van der Waals surface area contributed by atoms with Crippen LogP contribution >= 0.6 is 0 Å². The molecular weight excluding hydrogens is 168 g/mol. The van der Waals surface area contributed by atoms with Crippen molar-refractivity contribution < 1.29 is 14.3 Å². The predicted octanol–water partition coefficient (Wildman–Crippen LogP) is 1.94. The van der Waals surface area contributed by atoms with Crippen LogP contribution in [0.5, 0.6) is 0 Å². The minimum absolute atomic E-state index is 0.0945. The van der Waals surface area contributed by atoms with E-state index in [0.29, 0.717) is 6.42 Å². The van der Waals surface area contributed by atoms with E-state index in [0.717, 1.165) is 19.3 Å². The minimum atomic E-state index is -0.545. The molecule has 0 aromatic heterocycles. The van der Waals surface area contributed by atoms with Crippen LogP contribution in [0.3, 0.4) is 0 Å². The number of methoxy groups -OCH3 is 1. The molecule has 0 fully saturated rings. The maximum absolute atomic E-state index is 11.1. The molecule has 0 rings (SSSR count). The van der Waals surface area contributed by atoms with Gasteiger partial charge in [0.15, 0.2) is 0 Å². The second kappa shape index (κ2) is 6.63. The number of esters is 1. The molecule has 0 radical (unpaired) electrons. The van der Waals surface area contributed by atoms with Crippen LogP contribution in [0.1, 0.15) is 39.5 Å². The first kappa shape index (κ1) is 12.1. The number of rotatable bonds is 6. The molecule has 0 amide bonds. The van der Waals surface area contributed by atoms with E-state index in [1.54, 1.807) is 0 Å². The second-order valence-electron chi connectivity index (χ2n) is 3.18. The summed E-state index contributed by atoms with van der Waals surface area (Å²) >= 11 is 0. The molecule has 76 valence electrons. The van der Waals surface area contributed by atoms with Gasteiger partial charge in [0.2, 0.25) is 0 Å². The third-order valence-electron chi connectivity index (χ3n) is 2.07. The Kier molecular flexibility index (Phi) is 6.20. The van der Waals surface area contributed by atoms with Crippen LogP contribution in [0.25, 0.3) is 0 Å². The van der Waals surface area contributed by atoms with E-state index in [2.05, 4.69) is 11.7 Å². The molecule has 0 N–H and O–H groups in total. The van der Waals surface area contributed by atoms with Gasteiger partial charge in [0.1, 0.15) is 11.7 Å². The van der Waals surface area contributed by atoms with Gasteiger partial charge in [0.25, 0.3) is 0 Å². The number of hydrogen-bond acceptors (Lipinski definition) is 3. The number of carbonyl (C=O) groups excluding carboxylic acids is 2. The van der Waals surface area contributed by atoms with Crippen molar-refractivity contribution in [2.45, 2.75) is 39.5 Å². The summed E-state index contributed by atoms with van der Waals surface area (Å²) in [7, 11) is 1.32. The molecule has 0 saturated carbocycles. The molecule has 0 unspecified atom stereocenters. The molecule has 0 spiro atoms. The molecule has 0 aromatic rings. The molecule has 0 aliphatic heterocycles. The fraction of sp³-hybridized carbons (Fsp3) is 0.800. The zero-order chi connectivity index (χ0) is 10.3. The second-order valence-corrected chi connectivity index (χ2v) is 3.18. The molecule has 0 bridgehead atoms. The molecule has 3 heteroatoms. The van der Waals surface area contributed by atoms with Crippen LogP contribution in [0.15, 0.2) is 0 Å². The lowest BCUT2D eigenvalue weighted by Gasteiger charge is -2.10. The van der Waals surface area contributed by atoms with Gasteiger partial charge in [-0.1, -0.05) is 26.2 Å². The molecule has 0 aliphatic carbocycles. The highest BCUT2D eigenvalue weighted by atomic mass is 16.5. The third kappa shape index (κ3) is 4.65. The smallest absolute Gasteiger partial charge is 0.316 e. The zero-order valence-corrected chi connectivity index (χ0v) is 8.63. The Balaban J connectivity index is 3.95. The van der Waals surface area contributed by atoms with Crippen molar-refractivity contribution in [1.82, 2.24) is 0 Å². The van der Waals surface area contributed by atoms with E-state index < -0.39 is 11.9 Å². The van der Waals surface area contributed by atoms with Crippen LogP contribution in [0.2, 0.25) is 0 Å². The van der Waals surface area contributed by atoms with Gasteiger partial charge in [-0.05, 0) is 13.3 Å². The number of hydrogen-bond donors (Lipinski definition) is 0. The van der Waals surface area contributed by atoms with E-state index in [1.807, 2.05) is 0 Å². The summed E-state index contributed by atoms with van der Waals surface area (Å²) in [5, 5.41) is 0. The third-order valence-corrected chi connectivity index (χ3v) is 2.07. The zero-order valence-electron chi connectivity index (χ0n) is 8.63. The van der Waals surface area contributed by atoms with E-state index in [9.17, 15) is 9.59 Å². The maximum atomic E-state index is 11.1. The Hall–Kier alpha value is -0.860. The van der Waals surface area contributed by atoms with Gasteiger partial charge in [0, 0.05) is 0 Å². The maximum Gasteiger partial charge on any atom is 0.316 e. The largest absolute Gasteiger partial charge is 0.468 e. The van der Waals surface area contributed by atoms with Crippen molar-refractivity contribution in [1.29, 1.82) is 0 Å². The van der Waals surface area contributed by atoms with Gasteiger partial charge in [-0.3, -0.25) is 9.59 Å². The van der Waals surface area contributed by atoms with E-state index in [-0.39, 0.29) is 5.78 Å². The Morgan fingerprint density at radius 1 is 1.31 bits per heavy atom. The topological polar surface area (TPSA) is 43.4 Å². The number of carbonyl (C=O) groups is 2.